The summed E-state index contributed by atoms with van der Waals surface area (Å²) >= 11 is 30.3. The van der Waals surface area contributed by atoms with E-state index in [4.69, 9.17) is 58.0 Å². The number of hydrogen-bond donors (Lipinski definition) is 6. The predicted molar refractivity (Wildman–Crippen MR) is 482 cm³/mol. The Labute approximate surface area is 726 Å². The zero-order valence-electron chi connectivity index (χ0n) is 69.5. The number of rotatable bonds is 31. The first-order valence-electron chi connectivity index (χ1n) is 43.8. The molecule has 6 N–H and O–H groups in total. The van der Waals surface area contributed by atoms with Gasteiger partial charge in [0.2, 0.25) is 17.7 Å². The van der Waals surface area contributed by atoms with E-state index in [1.54, 1.807) is 36.4 Å². The lowest BCUT2D eigenvalue weighted by atomic mass is 9.95. The number of likely N-dealkylation sites (tertiary alicyclic amines) is 3. The molecule has 18 nitrogen and oxygen atoms in total. The van der Waals surface area contributed by atoms with Crippen LogP contribution in [0.3, 0.4) is 0 Å². The molecule has 636 valence electrons. The van der Waals surface area contributed by atoms with Gasteiger partial charge in [-0.3, -0.25) is 28.8 Å². The highest BCUT2D eigenvalue weighted by molar-refractivity contribution is 6.42. The molecular weight excluding hydrogens is 1580 g/mol. The lowest BCUT2D eigenvalue weighted by Crippen LogP contribution is -2.54. The van der Waals surface area contributed by atoms with Crippen LogP contribution in [0.4, 0.5) is 0 Å². The highest BCUT2D eigenvalue weighted by Gasteiger charge is 2.37. The summed E-state index contributed by atoms with van der Waals surface area (Å²) in [7, 11) is 0. The van der Waals surface area contributed by atoms with Crippen molar-refractivity contribution in [2.24, 2.45) is 0 Å². The number of nitrogens with zero attached hydrogens (tertiary/aromatic N) is 6. The molecule has 0 radical (unpaired) electrons. The molecule has 13 rings (SSSR count). The average molecular weight is 1710 g/mol. The standard InChI is InChI=1S/C35H45ClN4O2.C31H42Cl2N4O2.C29H38Cl2N4O2/c1-2-26(27-10-5-3-6-11-27)25-40-21-17-32(38-33(35(40)42)12-9-20-39-18-7-4-8-19-39)24-37-34(41)30-14-13-29-23-31(36)16-15-28(29)22-30;1-2-23(24-10-5-3-6-11-24)22-37-19-15-26(21-34-30(38)25-13-14-27(32)28(33)20-25)35-29(31(37)39)12-9-18-36-16-7-4-8-17-36;1-2-21(22-9-5-3-6-10-22)19-35-16-13-24(18-32-28(36)23-11-12-25(30)26(31)17-23)33-27(29(35)37)20-34-14-7-4-8-15-34/h3,5-6,10-11,13-16,22-23,26,32-33,38H,2,4,7-9,12,17-21,24-25H2,1H3,(H,37,41);3,5-6,10-11,13-14,20,23,26,29,35H,2,4,7-9,12,15-19,21-22H2,1H3,(H,34,38);3,5-6,9-12,17,21,24,27,33H,2,4,7-8,13-16,18-20H2,1H3,(H,32,36)/t26-,32+,33+;23-,26+,29+;21-,24+,27+/m111/s1. The van der Waals surface area contributed by atoms with E-state index in [9.17, 15) is 28.8 Å². The van der Waals surface area contributed by atoms with Crippen LogP contribution in [-0.4, -0.2) is 219 Å². The number of amides is 6. The summed E-state index contributed by atoms with van der Waals surface area (Å²) in [5.41, 5.74) is 5.41. The number of fused-ring (bicyclic) bond motifs is 1. The van der Waals surface area contributed by atoms with E-state index in [-0.39, 0.29) is 71.7 Å². The number of piperidine rings is 3. The highest BCUT2D eigenvalue weighted by Crippen LogP contribution is 2.30. The van der Waals surface area contributed by atoms with Crippen molar-refractivity contribution in [3.05, 3.63) is 222 Å². The maximum Gasteiger partial charge on any atom is 0.251 e. The number of halogens is 5. The van der Waals surface area contributed by atoms with Crippen LogP contribution in [0.1, 0.15) is 208 Å². The molecule has 0 spiro atoms. The molecule has 6 heterocycles. The maximum atomic E-state index is 13.9. The first-order valence-corrected chi connectivity index (χ1v) is 45.7. The Bertz CT molecular complexity index is 4310. The summed E-state index contributed by atoms with van der Waals surface area (Å²) in [5, 5.41) is 24.3. The zero-order chi connectivity index (χ0) is 83.1. The van der Waals surface area contributed by atoms with Gasteiger partial charge in [-0.25, -0.2) is 0 Å². The maximum absolute atomic E-state index is 13.9. The predicted octanol–water partition coefficient (Wildman–Crippen LogP) is 16.9. The van der Waals surface area contributed by atoms with Gasteiger partial charge < -0.3 is 61.3 Å². The lowest BCUT2D eigenvalue weighted by Gasteiger charge is -2.33. The Kier molecular flexibility index (Phi) is 37.2. The van der Waals surface area contributed by atoms with E-state index < -0.39 is 0 Å². The minimum absolute atomic E-state index is 0.00228. The number of hydrogen-bond acceptors (Lipinski definition) is 12. The molecule has 23 heteroatoms. The topological polar surface area (TPSA) is 194 Å². The van der Waals surface area contributed by atoms with Crippen LogP contribution in [0.15, 0.2) is 164 Å². The normalized spacial score (nSPS) is 21.4. The van der Waals surface area contributed by atoms with Crippen LogP contribution in [0, 0.1) is 0 Å². The highest BCUT2D eigenvalue weighted by atomic mass is 35.5. The van der Waals surface area contributed by atoms with E-state index in [1.165, 1.54) is 87.6 Å². The minimum Gasteiger partial charge on any atom is -0.350 e. The van der Waals surface area contributed by atoms with Gasteiger partial charge in [-0.15, -0.1) is 0 Å². The molecular formula is C95H125Cl5N12O6. The first kappa shape index (κ1) is 91.6. The van der Waals surface area contributed by atoms with Gasteiger partial charge in [-0.2, -0.15) is 0 Å². The van der Waals surface area contributed by atoms with E-state index in [1.807, 2.05) is 59.5 Å². The molecule has 0 unspecified atom stereocenters. The van der Waals surface area contributed by atoms with Gasteiger partial charge in [0, 0.05) is 123 Å². The molecule has 0 aliphatic carbocycles. The Morgan fingerprint density at radius 2 is 0.703 bits per heavy atom. The second-order valence-electron chi connectivity index (χ2n) is 33.1. The fourth-order valence-electron chi connectivity index (χ4n) is 17.6. The lowest BCUT2D eigenvalue weighted by molar-refractivity contribution is -0.134. The third kappa shape index (κ3) is 27.9. The number of nitrogens with one attached hydrogen (secondary N) is 6. The van der Waals surface area contributed by atoms with Gasteiger partial charge in [0.1, 0.15) is 0 Å². The molecule has 0 aromatic heterocycles. The van der Waals surface area contributed by atoms with Crippen molar-refractivity contribution in [1.29, 1.82) is 0 Å². The van der Waals surface area contributed by atoms with Gasteiger partial charge in [0.15, 0.2) is 0 Å². The zero-order valence-corrected chi connectivity index (χ0v) is 73.2. The van der Waals surface area contributed by atoms with E-state index in [0.29, 0.717) is 118 Å². The Morgan fingerprint density at radius 1 is 0.373 bits per heavy atom. The first-order chi connectivity index (χ1) is 57.4. The second kappa shape index (κ2) is 47.9. The third-order valence-electron chi connectivity index (χ3n) is 24.7. The summed E-state index contributed by atoms with van der Waals surface area (Å²) in [6.45, 7) is 21.6. The van der Waals surface area contributed by atoms with E-state index in [2.05, 4.69) is 150 Å². The largest absolute Gasteiger partial charge is 0.350 e. The van der Waals surface area contributed by atoms with Crippen LogP contribution < -0.4 is 31.9 Å². The molecule has 7 aromatic rings. The van der Waals surface area contributed by atoms with Crippen molar-refractivity contribution in [1.82, 2.24) is 61.3 Å². The SMILES string of the molecule is CC[C@H](CN1CC[C@@H](CNC(=O)c2ccc(Cl)c(Cl)c2)N[C@@H](CCCN2CCCCC2)C1=O)c1ccccc1.CC[C@H](CN1CC[C@@H](CNC(=O)c2ccc(Cl)c(Cl)c2)N[C@@H](CN2CCCCC2)C1=O)c1ccccc1.CC[C@H](CN1CC[C@@H](CNC(=O)c2ccc3cc(Cl)ccc3c2)N[C@@H](CCCN2CCCCC2)C1=O)c1ccccc1. The van der Waals surface area contributed by atoms with Crippen LogP contribution in [-0.2, 0) is 14.4 Å². The Hall–Kier alpha value is -7.17. The van der Waals surface area contributed by atoms with Crippen LogP contribution in [0.25, 0.3) is 10.8 Å². The van der Waals surface area contributed by atoms with Crippen LogP contribution in [0.5, 0.6) is 0 Å². The molecule has 118 heavy (non-hydrogen) atoms. The van der Waals surface area contributed by atoms with Gasteiger partial charge in [0.05, 0.1) is 38.2 Å². The van der Waals surface area contributed by atoms with Crippen molar-refractivity contribution in [3.63, 3.8) is 0 Å². The van der Waals surface area contributed by atoms with E-state index >= 15 is 0 Å². The van der Waals surface area contributed by atoms with Gasteiger partial charge in [-0.05, 0) is 243 Å². The molecule has 0 saturated carbocycles. The molecule has 0 bridgehead atoms. The molecule has 6 saturated heterocycles. The summed E-state index contributed by atoms with van der Waals surface area (Å²) in [6.07, 6.45) is 20.2. The van der Waals surface area contributed by atoms with Gasteiger partial charge >= 0.3 is 0 Å². The average Bonchev–Trinajstić information content (AvgIpc) is 1.31. The van der Waals surface area contributed by atoms with Crippen molar-refractivity contribution >= 4 is 104 Å². The van der Waals surface area contributed by atoms with Gasteiger partial charge in [0.25, 0.3) is 17.7 Å². The summed E-state index contributed by atoms with van der Waals surface area (Å²) < 4.78 is 0. The molecule has 6 aliphatic rings. The number of carbonyl (C=O) groups is 6. The fourth-order valence-corrected chi connectivity index (χ4v) is 18.4. The fraction of sp³-hybridized carbons (Fsp3) is 0.516. The summed E-state index contributed by atoms with van der Waals surface area (Å²) in [5.74, 6) is 0.961. The Morgan fingerprint density at radius 3 is 1.08 bits per heavy atom. The molecule has 7 aromatic carbocycles. The van der Waals surface area contributed by atoms with Gasteiger partial charge in [-0.1, -0.05) is 201 Å². The third-order valence-corrected chi connectivity index (χ3v) is 26.4. The molecule has 6 fully saturated rings. The summed E-state index contributed by atoms with van der Waals surface area (Å²) in [6, 6.07) is 51.9. The summed E-state index contributed by atoms with van der Waals surface area (Å²) in [4.78, 5) is 93.9. The number of benzene rings is 7. The van der Waals surface area contributed by atoms with Crippen molar-refractivity contribution in [3.8, 4) is 0 Å². The molecule has 9 atom stereocenters. The van der Waals surface area contributed by atoms with E-state index in [0.717, 1.165) is 121 Å². The monoisotopic (exact) mass is 1700 g/mol. The Balaban J connectivity index is 0.000000174. The minimum atomic E-state index is -0.291. The van der Waals surface area contributed by atoms with Crippen LogP contribution >= 0.6 is 58.0 Å². The quantitative estimate of drug-likeness (QED) is 0.0241. The number of carbonyl (C=O) groups excluding carboxylic acids is 6. The van der Waals surface area contributed by atoms with Crippen molar-refractivity contribution < 1.29 is 28.8 Å². The van der Waals surface area contributed by atoms with Crippen molar-refractivity contribution in [2.45, 2.75) is 197 Å². The molecule has 6 aliphatic heterocycles. The molecule has 6 amide bonds. The van der Waals surface area contributed by atoms with Crippen molar-refractivity contribution in [2.75, 3.05) is 118 Å². The smallest absolute Gasteiger partial charge is 0.251 e. The van der Waals surface area contributed by atoms with Crippen LogP contribution in [0.2, 0.25) is 25.1 Å². The second-order valence-corrected chi connectivity index (χ2v) is 35.1.